The molecule has 2 heterocycles. The Hall–Kier alpha value is -2.54. The fourth-order valence-corrected chi connectivity index (χ4v) is 4.79. The number of thiophene rings is 1. The van der Waals surface area contributed by atoms with Gasteiger partial charge in [0.2, 0.25) is 11.8 Å². The average molecular weight is 445 g/mol. The van der Waals surface area contributed by atoms with Crippen LogP contribution in [0.2, 0.25) is 0 Å². The van der Waals surface area contributed by atoms with Crippen molar-refractivity contribution in [2.24, 2.45) is 5.92 Å². The molecule has 1 aliphatic rings. The van der Waals surface area contributed by atoms with Gasteiger partial charge >= 0.3 is 0 Å². The lowest BCUT2D eigenvalue weighted by Crippen LogP contribution is -2.50. The minimum Gasteiger partial charge on any atom is -0.493 e. The Kier molecular flexibility index (Phi) is 7.59. The summed E-state index contributed by atoms with van der Waals surface area (Å²) in [5.74, 6) is 1.12. The second-order valence-electron chi connectivity index (χ2n) is 8.33. The standard InChI is InChI=1S/C24H32N2O4S/c1-16(2)24(28)26(17(3)4)14-23(27)25-12-10-22-18(11-13-31-22)19(25)15-30-21-9-7-6-8-20(21)29-5/h6-9,11,13,16-17,19H,10,12,14-15H2,1-5H3. The minimum absolute atomic E-state index is 0.00148. The first-order valence-electron chi connectivity index (χ1n) is 10.8. The van der Waals surface area contributed by atoms with E-state index in [0.29, 0.717) is 24.7 Å². The Labute approximate surface area is 188 Å². The molecule has 1 unspecified atom stereocenters. The third-order valence-electron chi connectivity index (χ3n) is 5.59. The van der Waals surface area contributed by atoms with Crippen LogP contribution >= 0.6 is 11.3 Å². The van der Waals surface area contributed by atoms with Crippen LogP contribution in [0.25, 0.3) is 0 Å². The average Bonchev–Trinajstić information content (AvgIpc) is 3.24. The normalized spacial score (nSPS) is 15.7. The van der Waals surface area contributed by atoms with Crippen molar-refractivity contribution >= 4 is 23.2 Å². The van der Waals surface area contributed by atoms with Crippen LogP contribution in [0.1, 0.15) is 44.2 Å². The number of hydrogen-bond acceptors (Lipinski definition) is 5. The first-order valence-corrected chi connectivity index (χ1v) is 11.6. The van der Waals surface area contributed by atoms with Gasteiger partial charge in [-0.2, -0.15) is 0 Å². The summed E-state index contributed by atoms with van der Waals surface area (Å²) in [5, 5.41) is 2.07. The van der Waals surface area contributed by atoms with Crippen LogP contribution in [0.4, 0.5) is 0 Å². The summed E-state index contributed by atoms with van der Waals surface area (Å²) in [5.41, 5.74) is 1.13. The minimum atomic E-state index is -0.199. The molecule has 1 aromatic heterocycles. The monoisotopic (exact) mass is 444 g/mol. The number of fused-ring (bicyclic) bond motifs is 1. The number of carbonyl (C=O) groups excluding carboxylic acids is 2. The molecule has 0 bridgehead atoms. The van der Waals surface area contributed by atoms with Gasteiger partial charge in [-0.3, -0.25) is 9.59 Å². The predicted molar refractivity (Wildman–Crippen MR) is 123 cm³/mol. The number of carbonyl (C=O) groups is 2. The van der Waals surface area contributed by atoms with E-state index in [9.17, 15) is 9.59 Å². The molecule has 7 heteroatoms. The predicted octanol–water partition coefficient (Wildman–Crippen LogP) is 4.15. The van der Waals surface area contributed by atoms with E-state index in [4.69, 9.17) is 9.47 Å². The molecular weight excluding hydrogens is 412 g/mol. The smallest absolute Gasteiger partial charge is 0.242 e. The Balaban J connectivity index is 1.81. The van der Waals surface area contributed by atoms with Gasteiger partial charge in [0.1, 0.15) is 13.2 Å². The van der Waals surface area contributed by atoms with Gasteiger partial charge in [0.05, 0.1) is 13.2 Å². The van der Waals surface area contributed by atoms with Crippen molar-refractivity contribution in [2.45, 2.75) is 46.2 Å². The summed E-state index contributed by atoms with van der Waals surface area (Å²) in [4.78, 5) is 30.8. The first kappa shape index (κ1) is 23.1. The fraction of sp³-hybridized carbons (Fsp3) is 0.500. The maximum absolute atomic E-state index is 13.4. The highest BCUT2D eigenvalue weighted by Gasteiger charge is 2.34. The molecule has 0 saturated heterocycles. The maximum Gasteiger partial charge on any atom is 0.242 e. The highest BCUT2D eigenvalue weighted by atomic mass is 32.1. The molecule has 2 amide bonds. The molecule has 1 aromatic carbocycles. The van der Waals surface area contributed by atoms with Crippen LogP contribution in [-0.4, -0.2) is 54.5 Å². The van der Waals surface area contributed by atoms with E-state index in [1.54, 1.807) is 23.3 Å². The molecule has 0 saturated carbocycles. The number of benzene rings is 1. The molecule has 168 valence electrons. The third-order valence-corrected chi connectivity index (χ3v) is 6.58. The van der Waals surface area contributed by atoms with E-state index in [1.165, 1.54) is 4.88 Å². The summed E-state index contributed by atoms with van der Waals surface area (Å²) in [6.45, 7) is 8.66. The lowest BCUT2D eigenvalue weighted by molar-refractivity contribution is -0.145. The van der Waals surface area contributed by atoms with Crippen molar-refractivity contribution in [2.75, 3.05) is 26.8 Å². The summed E-state index contributed by atoms with van der Waals surface area (Å²) < 4.78 is 11.5. The largest absolute Gasteiger partial charge is 0.493 e. The topological polar surface area (TPSA) is 59.1 Å². The van der Waals surface area contributed by atoms with Crippen LogP contribution in [0.15, 0.2) is 35.7 Å². The molecule has 1 aliphatic heterocycles. The molecular formula is C24H32N2O4S. The second kappa shape index (κ2) is 10.2. The van der Waals surface area contributed by atoms with Crippen molar-refractivity contribution in [3.63, 3.8) is 0 Å². The molecule has 2 aromatic rings. The van der Waals surface area contributed by atoms with Crippen molar-refractivity contribution < 1.29 is 19.1 Å². The van der Waals surface area contributed by atoms with Gasteiger partial charge in [-0.25, -0.2) is 0 Å². The fourth-order valence-electron chi connectivity index (χ4n) is 3.86. The van der Waals surface area contributed by atoms with Crippen LogP contribution in [0.5, 0.6) is 11.5 Å². The van der Waals surface area contributed by atoms with Gasteiger partial charge in [-0.1, -0.05) is 26.0 Å². The molecule has 1 atom stereocenters. The number of para-hydroxylation sites is 2. The highest BCUT2D eigenvalue weighted by Crippen LogP contribution is 2.35. The SMILES string of the molecule is COc1ccccc1OCC1c2ccsc2CCN1C(=O)CN(C(=O)C(C)C)C(C)C. The molecule has 0 spiro atoms. The quantitative estimate of drug-likeness (QED) is 0.614. The number of hydrogen-bond donors (Lipinski definition) is 0. The van der Waals surface area contributed by atoms with Gasteiger partial charge in [0, 0.05) is 23.4 Å². The van der Waals surface area contributed by atoms with E-state index in [2.05, 4.69) is 11.4 Å². The molecule has 0 radical (unpaired) electrons. The van der Waals surface area contributed by atoms with Gasteiger partial charge in [-0.05, 0) is 49.4 Å². The van der Waals surface area contributed by atoms with Crippen LogP contribution < -0.4 is 9.47 Å². The van der Waals surface area contributed by atoms with Crippen molar-refractivity contribution in [3.8, 4) is 11.5 Å². The summed E-state index contributed by atoms with van der Waals surface area (Å²) in [7, 11) is 1.61. The summed E-state index contributed by atoms with van der Waals surface area (Å²) in [6.07, 6.45) is 0.823. The van der Waals surface area contributed by atoms with Gasteiger partial charge in [0.15, 0.2) is 11.5 Å². The van der Waals surface area contributed by atoms with Crippen LogP contribution in [-0.2, 0) is 16.0 Å². The van der Waals surface area contributed by atoms with Crippen molar-refractivity contribution in [3.05, 3.63) is 46.2 Å². The zero-order valence-corrected chi connectivity index (χ0v) is 19.8. The molecule has 0 aliphatic carbocycles. The van der Waals surface area contributed by atoms with Gasteiger partial charge < -0.3 is 19.3 Å². The lowest BCUT2D eigenvalue weighted by atomic mass is 10.00. The van der Waals surface area contributed by atoms with Gasteiger partial charge in [0.25, 0.3) is 0 Å². The van der Waals surface area contributed by atoms with Crippen LogP contribution in [0.3, 0.4) is 0 Å². The summed E-state index contributed by atoms with van der Waals surface area (Å²) >= 11 is 1.72. The van der Waals surface area contributed by atoms with Crippen molar-refractivity contribution in [1.29, 1.82) is 0 Å². The lowest BCUT2D eigenvalue weighted by Gasteiger charge is -2.38. The first-order chi connectivity index (χ1) is 14.8. The molecule has 0 N–H and O–H groups in total. The highest BCUT2D eigenvalue weighted by molar-refractivity contribution is 7.10. The van der Waals surface area contributed by atoms with Crippen molar-refractivity contribution in [1.82, 2.24) is 9.80 Å². The second-order valence-corrected chi connectivity index (χ2v) is 9.33. The zero-order valence-electron chi connectivity index (χ0n) is 19.0. The Morgan fingerprint density at radius 1 is 1.16 bits per heavy atom. The zero-order chi connectivity index (χ0) is 22.5. The maximum atomic E-state index is 13.4. The Morgan fingerprint density at radius 3 is 2.52 bits per heavy atom. The van der Waals surface area contributed by atoms with E-state index < -0.39 is 0 Å². The van der Waals surface area contributed by atoms with Gasteiger partial charge in [-0.15, -0.1) is 11.3 Å². The Morgan fingerprint density at radius 2 is 1.87 bits per heavy atom. The number of amides is 2. The number of nitrogens with zero attached hydrogens (tertiary/aromatic N) is 2. The van der Waals surface area contributed by atoms with E-state index >= 15 is 0 Å². The number of methoxy groups -OCH3 is 1. The number of ether oxygens (including phenoxy) is 2. The molecule has 31 heavy (non-hydrogen) atoms. The van der Waals surface area contributed by atoms with Crippen LogP contribution in [0, 0.1) is 5.92 Å². The van der Waals surface area contributed by atoms with E-state index in [1.807, 2.05) is 56.9 Å². The number of rotatable bonds is 8. The summed E-state index contributed by atoms with van der Waals surface area (Å²) in [6, 6.07) is 9.35. The molecule has 6 nitrogen and oxygen atoms in total. The van der Waals surface area contributed by atoms with E-state index in [-0.39, 0.29) is 36.4 Å². The molecule has 0 fully saturated rings. The Bertz CT molecular complexity index is 908. The molecule has 3 rings (SSSR count). The third kappa shape index (κ3) is 5.21. The van der Waals surface area contributed by atoms with E-state index in [0.717, 1.165) is 12.0 Å².